The average Bonchev–Trinajstić information content (AvgIpc) is 2.65. The number of nitrogens with zero attached hydrogens (tertiary/aromatic N) is 1. The van der Waals surface area contributed by atoms with Crippen molar-refractivity contribution in [2.24, 2.45) is 0 Å². The zero-order chi connectivity index (χ0) is 11.7. The molecule has 0 aliphatic rings. The Morgan fingerprint density at radius 1 is 1.27 bits per heavy atom. The summed E-state index contributed by atoms with van der Waals surface area (Å²) in [6.07, 6.45) is 2.88. The minimum Gasteiger partial charge on any atom is -0.448 e. The van der Waals surface area contributed by atoms with Gasteiger partial charge in [0, 0.05) is 5.41 Å². The van der Waals surface area contributed by atoms with Gasteiger partial charge < -0.3 is 9.52 Å². The van der Waals surface area contributed by atoms with Gasteiger partial charge in [-0.15, -0.1) is 0 Å². The maximum absolute atomic E-state index is 10.3. The van der Waals surface area contributed by atoms with Crippen LogP contribution in [0.25, 0.3) is 0 Å². The van der Waals surface area contributed by atoms with Gasteiger partial charge in [0.25, 0.3) is 0 Å². The molecule has 0 atom stereocenters. The van der Waals surface area contributed by atoms with E-state index >= 15 is 0 Å². The van der Waals surface area contributed by atoms with Crippen molar-refractivity contribution >= 4 is 0 Å². The van der Waals surface area contributed by atoms with E-state index in [2.05, 4.69) is 4.98 Å². The fourth-order valence-electron chi connectivity index (χ4n) is 1.44. The molecule has 0 aliphatic heterocycles. The third kappa shape index (κ3) is 2.40. The van der Waals surface area contributed by atoms with Crippen molar-refractivity contribution in [1.29, 1.82) is 0 Å². The molecule has 0 unspecified atom stereocenters. The van der Waals surface area contributed by atoms with Crippen molar-refractivity contribution in [3.63, 3.8) is 0 Å². The molecule has 1 rings (SSSR count). The van der Waals surface area contributed by atoms with Crippen LogP contribution >= 0.6 is 0 Å². The topological polar surface area (TPSA) is 46.3 Å². The average molecular weight is 211 g/mol. The summed E-state index contributed by atoms with van der Waals surface area (Å²) < 4.78 is 5.41. The summed E-state index contributed by atoms with van der Waals surface area (Å²) in [6.45, 7) is 10.0. The predicted octanol–water partition coefficient (Wildman–Crippen LogP) is 2.98. The Bertz CT molecular complexity index is 319. The van der Waals surface area contributed by atoms with Crippen molar-refractivity contribution in [1.82, 2.24) is 4.98 Å². The summed E-state index contributed by atoms with van der Waals surface area (Å²) in [5.74, 6) is 0.679. The normalized spacial score (nSPS) is 13.2. The number of hydrogen-bond donors (Lipinski definition) is 1. The molecule has 86 valence electrons. The summed E-state index contributed by atoms with van der Waals surface area (Å²) in [5.41, 5.74) is -0.300. The second-order valence-corrected chi connectivity index (χ2v) is 5.03. The quantitative estimate of drug-likeness (QED) is 0.836. The zero-order valence-corrected chi connectivity index (χ0v) is 10.3. The molecule has 0 bridgehead atoms. The van der Waals surface area contributed by atoms with Gasteiger partial charge in [0.15, 0.2) is 5.89 Å². The Labute approximate surface area is 91.5 Å². The monoisotopic (exact) mass is 211 g/mol. The van der Waals surface area contributed by atoms with Gasteiger partial charge in [0.2, 0.25) is 0 Å². The van der Waals surface area contributed by atoms with E-state index in [-0.39, 0.29) is 5.41 Å². The number of aliphatic hydroxyl groups is 1. The highest BCUT2D eigenvalue weighted by Crippen LogP contribution is 2.30. The lowest BCUT2D eigenvalue weighted by molar-refractivity contribution is 0.0238. The summed E-state index contributed by atoms with van der Waals surface area (Å²) >= 11 is 0. The van der Waals surface area contributed by atoms with Crippen LogP contribution in [0.3, 0.4) is 0 Å². The minimum absolute atomic E-state index is 0.110. The Morgan fingerprint density at radius 3 is 2.13 bits per heavy atom. The van der Waals surface area contributed by atoms with Crippen LogP contribution in [0, 0.1) is 0 Å². The molecule has 0 saturated carbocycles. The van der Waals surface area contributed by atoms with Crippen molar-refractivity contribution in [3.8, 4) is 0 Å². The zero-order valence-electron chi connectivity index (χ0n) is 10.3. The van der Waals surface area contributed by atoms with Crippen LogP contribution in [0.5, 0.6) is 0 Å². The first kappa shape index (κ1) is 12.2. The Hall–Kier alpha value is -0.830. The molecule has 0 saturated heterocycles. The SMILES string of the molecule is CCC(O)(CC)c1coc(C(C)(C)C)n1. The molecular weight excluding hydrogens is 190 g/mol. The van der Waals surface area contributed by atoms with Crippen LogP contribution in [0.2, 0.25) is 0 Å². The van der Waals surface area contributed by atoms with E-state index < -0.39 is 5.60 Å². The maximum atomic E-state index is 10.3. The fraction of sp³-hybridized carbons (Fsp3) is 0.750. The van der Waals surface area contributed by atoms with E-state index in [4.69, 9.17) is 4.42 Å². The van der Waals surface area contributed by atoms with Crippen LogP contribution in [-0.2, 0) is 11.0 Å². The van der Waals surface area contributed by atoms with Gasteiger partial charge in [-0.2, -0.15) is 0 Å². The first-order chi connectivity index (χ1) is 6.83. The molecule has 1 aromatic rings. The molecule has 0 fully saturated rings. The van der Waals surface area contributed by atoms with Gasteiger partial charge in [-0.05, 0) is 12.8 Å². The molecule has 3 nitrogen and oxygen atoms in total. The number of rotatable bonds is 3. The highest BCUT2D eigenvalue weighted by molar-refractivity contribution is 5.11. The van der Waals surface area contributed by atoms with Gasteiger partial charge in [-0.1, -0.05) is 34.6 Å². The molecule has 0 aliphatic carbocycles. The van der Waals surface area contributed by atoms with Gasteiger partial charge >= 0.3 is 0 Å². The van der Waals surface area contributed by atoms with Crippen LogP contribution in [0.4, 0.5) is 0 Å². The standard InChI is InChI=1S/C12H21NO2/c1-6-12(14,7-2)9-8-15-10(13-9)11(3,4)5/h8,14H,6-7H2,1-5H3. The molecule has 1 aromatic heterocycles. The van der Waals surface area contributed by atoms with Gasteiger partial charge in [0.05, 0.1) is 0 Å². The van der Waals surface area contributed by atoms with Gasteiger partial charge in [-0.25, -0.2) is 4.98 Å². The number of aromatic nitrogens is 1. The Kier molecular flexibility index (Phi) is 3.24. The highest BCUT2D eigenvalue weighted by Gasteiger charge is 2.30. The first-order valence-electron chi connectivity index (χ1n) is 5.52. The van der Waals surface area contributed by atoms with E-state index in [9.17, 15) is 5.11 Å². The van der Waals surface area contributed by atoms with Crippen molar-refractivity contribution in [3.05, 3.63) is 17.8 Å². The van der Waals surface area contributed by atoms with E-state index in [1.807, 2.05) is 34.6 Å². The smallest absolute Gasteiger partial charge is 0.199 e. The van der Waals surface area contributed by atoms with Crippen molar-refractivity contribution in [2.75, 3.05) is 0 Å². The van der Waals surface area contributed by atoms with Gasteiger partial charge in [-0.3, -0.25) is 0 Å². The molecular formula is C12H21NO2. The number of hydrogen-bond acceptors (Lipinski definition) is 3. The van der Waals surface area contributed by atoms with Crippen molar-refractivity contribution < 1.29 is 9.52 Å². The highest BCUT2D eigenvalue weighted by atomic mass is 16.3. The molecule has 0 spiro atoms. The lowest BCUT2D eigenvalue weighted by Gasteiger charge is -2.22. The molecule has 0 radical (unpaired) electrons. The van der Waals surface area contributed by atoms with E-state index in [1.54, 1.807) is 6.26 Å². The largest absolute Gasteiger partial charge is 0.448 e. The Balaban J connectivity index is 3.03. The van der Waals surface area contributed by atoms with Crippen molar-refractivity contribution in [2.45, 2.75) is 58.5 Å². The summed E-state index contributed by atoms with van der Waals surface area (Å²) in [4.78, 5) is 4.38. The van der Waals surface area contributed by atoms with Crippen LogP contribution in [0.15, 0.2) is 10.7 Å². The second-order valence-electron chi connectivity index (χ2n) is 5.03. The number of oxazole rings is 1. The minimum atomic E-state index is -0.840. The Morgan fingerprint density at radius 2 is 1.80 bits per heavy atom. The first-order valence-corrected chi connectivity index (χ1v) is 5.52. The fourth-order valence-corrected chi connectivity index (χ4v) is 1.44. The van der Waals surface area contributed by atoms with E-state index in [0.717, 1.165) is 0 Å². The molecule has 1 N–H and O–H groups in total. The maximum Gasteiger partial charge on any atom is 0.199 e. The lowest BCUT2D eigenvalue weighted by atomic mass is 9.93. The van der Waals surface area contributed by atoms with Crippen LogP contribution in [0.1, 0.15) is 59.0 Å². The molecule has 0 amide bonds. The summed E-state index contributed by atoms with van der Waals surface area (Å²) in [6, 6.07) is 0. The lowest BCUT2D eigenvalue weighted by Crippen LogP contribution is -2.24. The summed E-state index contributed by atoms with van der Waals surface area (Å²) in [7, 11) is 0. The third-order valence-corrected chi connectivity index (χ3v) is 2.79. The van der Waals surface area contributed by atoms with E-state index in [1.165, 1.54) is 0 Å². The van der Waals surface area contributed by atoms with Crippen LogP contribution in [-0.4, -0.2) is 10.1 Å². The van der Waals surface area contributed by atoms with E-state index in [0.29, 0.717) is 24.4 Å². The van der Waals surface area contributed by atoms with Gasteiger partial charge in [0.1, 0.15) is 17.6 Å². The molecule has 3 heteroatoms. The molecule has 1 heterocycles. The molecule has 0 aromatic carbocycles. The molecule has 15 heavy (non-hydrogen) atoms. The van der Waals surface area contributed by atoms with Crippen LogP contribution < -0.4 is 0 Å². The summed E-state index contributed by atoms with van der Waals surface area (Å²) in [5, 5.41) is 10.3. The second kappa shape index (κ2) is 3.97. The predicted molar refractivity (Wildman–Crippen MR) is 59.7 cm³/mol. The third-order valence-electron chi connectivity index (χ3n) is 2.79.